The maximum absolute atomic E-state index is 9.79. The Morgan fingerprint density at radius 2 is 2.00 bits per heavy atom. The Bertz CT molecular complexity index is 193. The summed E-state index contributed by atoms with van der Waals surface area (Å²) in [5.41, 5.74) is 0. The summed E-state index contributed by atoms with van der Waals surface area (Å²) in [4.78, 5) is 0. The van der Waals surface area contributed by atoms with Crippen molar-refractivity contribution in [1.29, 1.82) is 5.26 Å². The number of nitrogens with zero attached hydrogens (tertiary/aromatic N) is 1. The Kier molecular flexibility index (Phi) is 9.78. The molecule has 0 aliphatic heterocycles. The summed E-state index contributed by atoms with van der Waals surface area (Å²) in [6.45, 7) is 1.69. The van der Waals surface area contributed by atoms with Crippen LogP contribution in [0.25, 0.3) is 0 Å². The molecule has 0 rings (SSSR count). The first kappa shape index (κ1) is 13.0. The van der Waals surface area contributed by atoms with Crippen molar-refractivity contribution in [2.24, 2.45) is 0 Å². The van der Waals surface area contributed by atoms with E-state index in [2.05, 4.69) is 0 Å². The fourth-order valence-electron chi connectivity index (χ4n) is 0.258. The Labute approximate surface area is 78.4 Å². The number of nitriles is 1. The van der Waals surface area contributed by atoms with Gasteiger partial charge in [-0.3, -0.25) is 4.55 Å². The van der Waals surface area contributed by atoms with Crippen molar-refractivity contribution < 1.29 is 13.0 Å². The first-order valence-electron chi connectivity index (χ1n) is 2.74. The van der Waals surface area contributed by atoms with Gasteiger partial charge in [0.05, 0.1) is 5.75 Å². The van der Waals surface area contributed by atoms with Crippen molar-refractivity contribution in [2.45, 2.75) is 13.3 Å². The number of hydrogen-bond donors (Lipinski definition) is 1. The van der Waals surface area contributed by atoms with Crippen LogP contribution in [0.4, 0.5) is 0 Å². The summed E-state index contributed by atoms with van der Waals surface area (Å²) in [5, 5.41) is 7.38. The van der Waals surface area contributed by atoms with E-state index in [1.807, 2.05) is 3.32 Å². The molecule has 0 aromatic heterocycles. The van der Waals surface area contributed by atoms with E-state index < -0.39 is 10.1 Å². The van der Waals surface area contributed by atoms with Crippen LogP contribution in [0.1, 0.15) is 13.3 Å². The van der Waals surface area contributed by atoms with E-state index in [1.165, 1.54) is 0 Å². The number of hydrogen-bond acceptors (Lipinski definition) is 3. The van der Waals surface area contributed by atoms with Crippen molar-refractivity contribution in [1.82, 2.24) is 0 Å². The standard InChI is InChI=1S/C3H8O3S.CN.Na/c1-2-3-7(4,5)6;1-2;/h2-3H2,1H3,(H,4,5,6);;. The second kappa shape index (κ2) is 7.51. The summed E-state index contributed by atoms with van der Waals surface area (Å²) in [7, 11) is -3.67. The molecule has 0 amide bonds. The normalized spacial score (nSPS) is 9.10. The summed E-state index contributed by atoms with van der Waals surface area (Å²) in [6, 6.07) is 0. The van der Waals surface area contributed by atoms with E-state index in [1.54, 1.807) is 6.92 Å². The molecule has 54 valence electrons. The zero-order chi connectivity index (χ0) is 8.62. The van der Waals surface area contributed by atoms with Gasteiger partial charge < -0.3 is 0 Å². The summed E-state index contributed by atoms with van der Waals surface area (Å²) in [5.74, 6) is -0.132. The molecule has 4 nitrogen and oxygen atoms in total. The Balaban J connectivity index is 0. The average molecular weight is 173 g/mol. The van der Waals surface area contributed by atoms with Crippen LogP contribution in [0, 0.1) is 8.58 Å². The molecule has 0 atom stereocenters. The van der Waals surface area contributed by atoms with Gasteiger partial charge in [0, 0.05) is 0 Å². The molecule has 6 heteroatoms. The van der Waals surface area contributed by atoms with E-state index in [0.717, 1.165) is 0 Å². The summed E-state index contributed by atoms with van der Waals surface area (Å²) in [6.07, 6.45) is 0.471. The van der Waals surface area contributed by atoms with Gasteiger partial charge in [0.2, 0.25) is 0 Å². The molecule has 1 N–H and O–H groups in total. The van der Waals surface area contributed by atoms with Gasteiger partial charge in [-0.05, 0) is 6.42 Å². The van der Waals surface area contributed by atoms with Gasteiger partial charge in [0.25, 0.3) is 10.1 Å². The van der Waals surface area contributed by atoms with Gasteiger partial charge in [-0.15, -0.1) is 0 Å². The van der Waals surface area contributed by atoms with Crippen LogP contribution in [0.5, 0.6) is 0 Å². The van der Waals surface area contributed by atoms with E-state index in [0.29, 0.717) is 34.4 Å². The fourth-order valence-corrected chi connectivity index (χ4v) is 0.774. The van der Waals surface area contributed by atoms with Gasteiger partial charge in [-0.25, -0.2) is 0 Å². The fraction of sp³-hybridized carbons (Fsp3) is 0.750. The molecule has 0 unspecified atom stereocenters. The van der Waals surface area contributed by atoms with Gasteiger partial charge >= 0.3 is 36.5 Å². The molecule has 0 aromatic carbocycles. The van der Waals surface area contributed by atoms with Crippen LogP contribution < -0.4 is 0 Å². The van der Waals surface area contributed by atoms with Crippen LogP contribution in [0.2, 0.25) is 0 Å². The van der Waals surface area contributed by atoms with Crippen molar-refractivity contribution >= 4 is 38.0 Å². The van der Waals surface area contributed by atoms with Gasteiger partial charge in [0.1, 0.15) is 0 Å². The molecule has 0 aromatic rings. The Morgan fingerprint density at radius 3 is 2.00 bits per heavy atom. The van der Waals surface area contributed by atoms with Crippen LogP contribution >= 0.6 is 0 Å². The SMILES string of the molecule is CCCS(=O)(=O)O.N#[C][Na]. The third kappa shape index (κ3) is 23.8. The Hall–Kier alpha value is 0.400. The van der Waals surface area contributed by atoms with Crippen molar-refractivity contribution in [3.63, 3.8) is 0 Å². The van der Waals surface area contributed by atoms with E-state index in [9.17, 15) is 8.42 Å². The quantitative estimate of drug-likeness (QED) is 0.468. The molecule has 0 radical (unpaired) electrons. The number of rotatable bonds is 2. The molecule has 0 heterocycles. The molecular formula is C4H8NNaO3S. The topological polar surface area (TPSA) is 78.2 Å². The van der Waals surface area contributed by atoms with Gasteiger partial charge in [0.15, 0.2) is 0 Å². The second-order valence-corrected chi connectivity index (χ2v) is 3.53. The van der Waals surface area contributed by atoms with Crippen molar-refractivity contribution in [3.8, 4) is 3.32 Å². The minimum absolute atomic E-state index is 0.132. The Morgan fingerprint density at radius 1 is 1.70 bits per heavy atom. The molecule has 0 spiro atoms. The monoisotopic (exact) mass is 173 g/mol. The first-order valence-corrected chi connectivity index (χ1v) is 5.34. The first-order chi connectivity index (χ1) is 4.47. The zero-order valence-corrected chi connectivity index (χ0v) is 8.85. The van der Waals surface area contributed by atoms with E-state index in [4.69, 9.17) is 9.81 Å². The zero-order valence-electron chi connectivity index (χ0n) is 6.03. The van der Waals surface area contributed by atoms with Crippen molar-refractivity contribution in [2.75, 3.05) is 5.75 Å². The molecule has 0 saturated heterocycles. The molecule has 0 saturated carbocycles. The van der Waals surface area contributed by atoms with Crippen molar-refractivity contribution in [3.05, 3.63) is 0 Å². The molecule has 0 aliphatic carbocycles. The van der Waals surface area contributed by atoms with Crippen LogP contribution in [-0.4, -0.2) is 46.7 Å². The van der Waals surface area contributed by atoms with Gasteiger partial charge in [-0.1, -0.05) is 6.92 Å². The summed E-state index contributed by atoms with van der Waals surface area (Å²) < 4.78 is 29.5. The van der Waals surface area contributed by atoms with E-state index in [-0.39, 0.29) is 5.75 Å². The third-order valence-electron chi connectivity index (χ3n) is 0.462. The predicted molar refractivity (Wildman–Crippen MR) is 38.1 cm³/mol. The maximum atomic E-state index is 9.79. The molecule has 10 heavy (non-hydrogen) atoms. The van der Waals surface area contributed by atoms with Crippen LogP contribution in [-0.2, 0) is 10.1 Å². The molecule has 0 aliphatic rings. The molecular weight excluding hydrogens is 165 g/mol. The second-order valence-electron chi connectivity index (χ2n) is 1.51. The third-order valence-corrected chi connectivity index (χ3v) is 1.39. The average Bonchev–Trinajstić information content (AvgIpc) is 1.63. The van der Waals surface area contributed by atoms with Crippen LogP contribution in [0.3, 0.4) is 0 Å². The van der Waals surface area contributed by atoms with Gasteiger partial charge in [-0.2, -0.15) is 8.42 Å². The summed E-state index contributed by atoms with van der Waals surface area (Å²) >= 11 is 0.674. The van der Waals surface area contributed by atoms with E-state index >= 15 is 0 Å². The minimum atomic E-state index is -3.67. The molecule has 0 fully saturated rings. The predicted octanol–water partition coefficient (Wildman–Crippen LogP) is -0.0798. The molecule has 0 bridgehead atoms. The van der Waals surface area contributed by atoms with Crippen LogP contribution in [0.15, 0.2) is 0 Å².